The van der Waals surface area contributed by atoms with Crippen LogP contribution in [0.3, 0.4) is 0 Å². The molecule has 1 unspecified atom stereocenters. The molecule has 0 aromatic carbocycles. The van der Waals surface area contributed by atoms with Gasteiger partial charge < -0.3 is 9.73 Å². The van der Waals surface area contributed by atoms with Crippen LogP contribution in [0, 0.1) is 13.8 Å². The van der Waals surface area contributed by atoms with Crippen molar-refractivity contribution in [1.29, 1.82) is 0 Å². The Morgan fingerprint density at radius 1 is 1.39 bits per heavy atom. The van der Waals surface area contributed by atoms with Crippen molar-refractivity contribution in [1.82, 2.24) is 5.32 Å². The molecule has 0 aliphatic heterocycles. The number of nitrogens with one attached hydrogen (secondary N) is 1. The van der Waals surface area contributed by atoms with Crippen molar-refractivity contribution in [3.63, 3.8) is 0 Å². The van der Waals surface area contributed by atoms with Crippen molar-refractivity contribution in [3.8, 4) is 0 Å². The largest absolute Gasteiger partial charge is 0.466 e. The second-order valence-electron chi connectivity index (χ2n) is 4.39. The first kappa shape index (κ1) is 13.7. The number of furan rings is 1. The summed E-state index contributed by atoms with van der Waals surface area (Å²) in [6, 6.07) is 6.47. The summed E-state index contributed by atoms with van der Waals surface area (Å²) in [5.74, 6) is 1.97. The molecule has 0 spiro atoms. The van der Waals surface area contributed by atoms with E-state index in [9.17, 15) is 0 Å². The van der Waals surface area contributed by atoms with E-state index in [4.69, 9.17) is 16.0 Å². The molecule has 18 heavy (non-hydrogen) atoms. The molecule has 2 aromatic heterocycles. The molecule has 2 aromatic rings. The van der Waals surface area contributed by atoms with Crippen molar-refractivity contribution in [2.75, 3.05) is 6.54 Å². The van der Waals surface area contributed by atoms with Crippen LogP contribution in [0.25, 0.3) is 0 Å². The van der Waals surface area contributed by atoms with E-state index in [1.807, 2.05) is 19.9 Å². The summed E-state index contributed by atoms with van der Waals surface area (Å²) >= 11 is 7.63. The number of thiophene rings is 1. The lowest BCUT2D eigenvalue weighted by Gasteiger charge is -2.16. The minimum Gasteiger partial charge on any atom is -0.466 e. The van der Waals surface area contributed by atoms with Gasteiger partial charge in [0.15, 0.2) is 0 Å². The number of likely N-dealkylation sites (N-methyl/N-ethyl adjacent to an activating group) is 1. The number of hydrogen-bond acceptors (Lipinski definition) is 3. The van der Waals surface area contributed by atoms with Gasteiger partial charge in [-0.3, -0.25) is 0 Å². The van der Waals surface area contributed by atoms with Gasteiger partial charge in [0.1, 0.15) is 11.5 Å². The summed E-state index contributed by atoms with van der Waals surface area (Å²) in [4.78, 5) is 1.30. The Balaban J connectivity index is 2.20. The molecule has 98 valence electrons. The van der Waals surface area contributed by atoms with Gasteiger partial charge in [-0.15, -0.1) is 11.3 Å². The zero-order valence-corrected chi connectivity index (χ0v) is 12.5. The average Bonchev–Trinajstić information content (AvgIpc) is 2.84. The third-order valence-corrected chi connectivity index (χ3v) is 4.19. The monoisotopic (exact) mass is 283 g/mol. The van der Waals surface area contributed by atoms with Gasteiger partial charge in [-0.25, -0.2) is 0 Å². The van der Waals surface area contributed by atoms with Crippen LogP contribution in [0.4, 0.5) is 0 Å². The van der Waals surface area contributed by atoms with E-state index in [1.165, 1.54) is 10.4 Å². The molecule has 0 aliphatic rings. The van der Waals surface area contributed by atoms with E-state index in [1.54, 1.807) is 11.3 Å². The predicted octanol–water partition coefficient (Wildman–Crippen LogP) is 4.50. The SMILES string of the molecule is CCNC(Cc1ccc(Cl)s1)c1cc(C)oc1C. The van der Waals surface area contributed by atoms with E-state index >= 15 is 0 Å². The van der Waals surface area contributed by atoms with E-state index in [0.29, 0.717) is 6.04 Å². The summed E-state index contributed by atoms with van der Waals surface area (Å²) in [6.07, 6.45) is 0.949. The molecule has 0 aliphatic carbocycles. The van der Waals surface area contributed by atoms with Gasteiger partial charge >= 0.3 is 0 Å². The second kappa shape index (κ2) is 5.91. The number of halogens is 1. The summed E-state index contributed by atoms with van der Waals surface area (Å²) in [6.45, 7) is 7.07. The van der Waals surface area contributed by atoms with Gasteiger partial charge in [0.25, 0.3) is 0 Å². The van der Waals surface area contributed by atoms with Crippen molar-refractivity contribution in [3.05, 3.63) is 44.5 Å². The minimum absolute atomic E-state index is 0.294. The van der Waals surface area contributed by atoms with Crippen molar-refractivity contribution >= 4 is 22.9 Å². The molecule has 0 amide bonds. The molecule has 4 heteroatoms. The summed E-state index contributed by atoms with van der Waals surface area (Å²) in [5.41, 5.74) is 1.25. The molecule has 2 heterocycles. The van der Waals surface area contributed by atoms with Crippen LogP contribution in [-0.2, 0) is 6.42 Å². The predicted molar refractivity (Wildman–Crippen MR) is 77.6 cm³/mol. The summed E-state index contributed by atoms with van der Waals surface area (Å²) in [7, 11) is 0. The van der Waals surface area contributed by atoms with Crippen molar-refractivity contribution < 1.29 is 4.42 Å². The van der Waals surface area contributed by atoms with Gasteiger partial charge in [-0.1, -0.05) is 18.5 Å². The van der Waals surface area contributed by atoms with Crippen LogP contribution >= 0.6 is 22.9 Å². The lowest BCUT2D eigenvalue weighted by Crippen LogP contribution is -2.22. The van der Waals surface area contributed by atoms with Gasteiger partial charge in [-0.2, -0.15) is 0 Å². The first-order valence-electron chi connectivity index (χ1n) is 6.14. The lowest BCUT2D eigenvalue weighted by molar-refractivity contribution is 0.485. The molecule has 1 N–H and O–H groups in total. The van der Waals surface area contributed by atoms with E-state index in [2.05, 4.69) is 24.4 Å². The van der Waals surface area contributed by atoms with Crippen LogP contribution in [0.1, 0.15) is 34.9 Å². The first-order valence-corrected chi connectivity index (χ1v) is 7.34. The van der Waals surface area contributed by atoms with Crippen LogP contribution in [0.5, 0.6) is 0 Å². The van der Waals surface area contributed by atoms with Crippen LogP contribution in [-0.4, -0.2) is 6.54 Å². The molecule has 0 radical (unpaired) electrons. The Labute approximate surface area is 117 Å². The highest BCUT2D eigenvalue weighted by Gasteiger charge is 2.17. The molecule has 0 saturated heterocycles. The fourth-order valence-electron chi connectivity index (χ4n) is 2.20. The van der Waals surface area contributed by atoms with E-state index in [0.717, 1.165) is 28.8 Å². The molecule has 0 saturated carbocycles. The normalized spacial score (nSPS) is 12.9. The molecule has 2 nitrogen and oxygen atoms in total. The lowest BCUT2D eigenvalue weighted by atomic mass is 10.0. The minimum atomic E-state index is 0.294. The molecule has 2 rings (SSSR count). The van der Waals surface area contributed by atoms with E-state index < -0.39 is 0 Å². The smallest absolute Gasteiger partial charge is 0.105 e. The first-order chi connectivity index (χ1) is 8.60. The molecule has 0 bridgehead atoms. The number of rotatable bonds is 5. The van der Waals surface area contributed by atoms with Gasteiger partial charge in [0, 0.05) is 22.9 Å². The highest BCUT2D eigenvalue weighted by Crippen LogP contribution is 2.29. The third-order valence-electron chi connectivity index (χ3n) is 2.94. The maximum Gasteiger partial charge on any atom is 0.105 e. The fourth-order valence-corrected chi connectivity index (χ4v) is 3.33. The summed E-state index contributed by atoms with van der Waals surface area (Å²) in [5, 5.41) is 3.51. The van der Waals surface area contributed by atoms with Crippen LogP contribution in [0.15, 0.2) is 22.6 Å². The number of aryl methyl sites for hydroxylation is 2. The maximum atomic E-state index is 5.98. The molecule has 0 fully saturated rings. The Bertz CT molecular complexity index is 518. The quantitative estimate of drug-likeness (QED) is 0.874. The zero-order valence-electron chi connectivity index (χ0n) is 10.9. The highest BCUT2D eigenvalue weighted by molar-refractivity contribution is 7.16. The highest BCUT2D eigenvalue weighted by atomic mass is 35.5. The van der Waals surface area contributed by atoms with Crippen molar-refractivity contribution in [2.24, 2.45) is 0 Å². The molecule has 1 atom stereocenters. The third kappa shape index (κ3) is 3.16. The van der Waals surface area contributed by atoms with Crippen molar-refractivity contribution in [2.45, 2.75) is 33.2 Å². The molecular formula is C14H18ClNOS. The average molecular weight is 284 g/mol. The fraction of sp³-hybridized carbons (Fsp3) is 0.429. The van der Waals surface area contributed by atoms with E-state index in [-0.39, 0.29) is 0 Å². The van der Waals surface area contributed by atoms with Gasteiger partial charge in [0.05, 0.1) is 4.34 Å². The van der Waals surface area contributed by atoms with Crippen LogP contribution in [0.2, 0.25) is 4.34 Å². The Morgan fingerprint density at radius 3 is 2.67 bits per heavy atom. The second-order valence-corrected chi connectivity index (χ2v) is 6.19. The Kier molecular flexibility index (Phi) is 4.49. The summed E-state index contributed by atoms with van der Waals surface area (Å²) < 4.78 is 6.47. The van der Waals surface area contributed by atoms with Crippen LogP contribution < -0.4 is 5.32 Å². The molecular weight excluding hydrogens is 266 g/mol. The van der Waals surface area contributed by atoms with Gasteiger partial charge in [-0.05, 0) is 38.6 Å². The topological polar surface area (TPSA) is 25.2 Å². The Hall–Kier alpha value is -0.770. The van der Waals surface area contributed by atoms with Gasteiger partial charge in [0.2, 0.25) is 0 Å². The standard InChI is InChI=1S/C14H18ClNOS/c1-4-16-13(8-11-5-6-14(15)18-11)12-7-9(2)17-10(12)3/h5-7,13,16H,4,8H2,1-3H3. The Morgan fingerprint density at radius 2 is 2.17 bits per heavy atom. The number of hydrogen-bond donors (Lipinski definition) is 1. The zero-order chi connectivity index (χ0) is 13.1. The maximum absolute atomic E-state index is 5.98.